The lowest BCUT2D eigenvalue weighted by molar-refractivity contribution is 0.0735. The van der Waals surface area contributed by atoms with Gasteiger partial charge in [-0.05, 0) is 88.2 Å². The summed E-state index contributed by atoms with van der Waals surface area (Å²) in [5.41, 5.74) is 1.12. The highest BCUT2D eigenvalue weighted by Gasteiger charge is 2.27. The number of nitrogens with zero attached hydrogens (tertiary/aromatic N) is 4. The summed E-state index contributed by atoms with van der Waals surface area (Å²) < 4.78 is 0. The second-order valence-corrected chi connectivity index (χ2v) is 12.9. The first-order valence-electron chi connectivity index (χ1n) is 12.7. The van der Waals surface area contributed by atoms with Gasteiger partial charge in [-0.3, -0.25) is 14.7 Å². The van der Waals surface area contributed by atoms with Crippen molar-refractivity contribution in [3.63, 3.8) is 0 Å². The van der Waals surface area contributed by atoms with E-state index >= 15 is 0 Å². The minimum Gasteiger partial charge on any atom is -0.314 e. The van der Waals surface area contributed by atoms with Crippen molar-refractivity contribution < 1.29 is 0 Å². The maximum absolute atomic E-state index is 3.35. The van der Waals surface area contributed by atoms with Crippen LogP contribution in [0.5, 0.6) is 0 Å². The molecule has 3 rings (SSSR count). The van der Waals surface area contributed by atoms with Crippen LogP contribution in [0.4, 0.5) is 0 Å². The van der Waals surface area contributed by atoms with Crippen molar-refractivity contribution >= 4 is 0 Å². The summed E-state index contributed by atoms with van der Waals surface area (Å²) in [4.78, 5) is 10.0. The smallest absolute Gasteiger partial charge is 0.0126 e. The summed E-state index contributed by atoms with van der Waals surface area (Å²) in [6, 6.07) is 0. The molecule has 5 heteroatoms. The lowest BCUT2D eigenvalue weighted by Gasteiger charge is -2.41. The van der Waals surface area contributed by atoms with E-state index in [1.807, 2.05) is 0 Å². The molecule has 0 bridgehead atoms. The zero-order valence-corrected chi connectivity index (χ0v) is 23.1. The molecule has 0 spiro atoms. The average molecular weight is 440 g/mol. The van der Waals surface area contributed by atoms with Crippen molar-refractivity contribution in [3.05, 3.63) is 0 Å². The van der Waals surface area contributed by atoms with Crippen LogP contribution in [0.25, 0.3) is 0 Å². The van der Waals surface area contributed by atoms with E-state index in [0.29, 0.717) is 16.6 Å². The van der Waals surface area contributed by atoms with Crippen LogP contribution in [0, 0.1) is 5.92 Å². The van der Waals surface area contributed by atoms with Crippen molar-refractivity contribution in [1.29, 1.82) is 0 Å². The predicted molar refractivity (Wildman–Crippen MR) is 138 cm³/mol. The van der Waals surface area contributed by atoms with Crippen LogP contribution in [-0.4, -0.2) is 109 Å². The third kappa shape index (κ3) is 11.5. The Morgan fingerprint density at radius 1 is 0.581 bits per heavy atom. The molecular weight excluding hydrogens is 382 g/mol. The number of piperazine rings is 2. The van der Waals surface area contributed by atoms with Crippen LogP contribution in [-0.2, 0) is 0 Å². The van der Waals surface area contributed by atoms with Crippen molar-refractivity contribution in [2.24, 2.45) is 5.92 Å². The monoisotopic (exact) mass is 439 g/mol. The molecule has 0 saturated carbocycles. The molecule has 0 aromatic heterocycles. The summed E-state index contributed by atoms with van der Waals surface area (Å²) in [5, 5.41) is 3.35. The summed E-state index contributed by atoms with van der Waals surface area (Å²) in [6.07, 6.45) is 1.39. The van der Waals surface area contributed by atoms with Gasteiger partial charge in [-0.25, -0.2) is 0 Å². The third-order valence-electron chi connectivity index (χ3n) is 6.89. The van der Waals surface area contributed by atoms with E-state index < -0.39 is 0 Å². The predicted octanol–water partition coefficient (Wildman–Crippen LogP) is 3.85. The standard InChI is InChI=1S/C9H20N2.C9H19N.C8H18N2/c1-9(2,3)11-7-5-10(4)6-8-11;1-8-5-6-10(7-8)9(2,3)4;1-8(2,3)10-6-4-9-5-7-10/h5-8H2,1-4H3;8H,5-7H2,1-4H3;9H,4-7H2,1-3H3. The van der Waals surface area contributed by atoms with E-state index in [1.165, 1.54) is 58.8 Å². The van der Waals surface area contributed by atoms with Gasteiger partial charge in [0.1, 0.15) is 0 Å². The zero-order valence-electron chi connectivity index (χ0n) is 23.1. The molecule has 0 radical (unpaired) electrons. The molecule has 3 saturated heterocycles. The second-order valence-electron chi connectivity index (χ2n) is 12.9. The number of hydrogen-bond acceptors (Lipinski definition) is 5. The molecule has 5 nitrogen and oxygen atoms in total. The fraction of sp³-hybridized carbons (Fsp3) is 1.00. The molecule has 0 amide bonds. The van der Waals surface area contributed by atoms with Crippen LogP contribution in [0.15, 0.2) is 0 Å². The van der Waals surface area contributed by atoms with Crippen molar-refractivity contribution in [3.8, 4) is 0 Å². The van der Waals surface area contributed by atoms with Gasteiger partial charge in [-0.15, -0.1) is 0 Å². The molecule has 0 aliphatic carbocycles. The van der Waals surface area contributed by atoms with Crippen molar-refractivity contribution in [2.75, 3.05) is 72.5 Å². The Morgan fingerprint density at radius 3 is 1.29 bits per heavy atom. The number of likely N-dealkylation sites (N-methyl/N-ethyl adjacent to an activating group) is 1. The highest BCUT2D eigenvalue weighted by atomic mass is 15.3. The van der Waals surface area contributed by atoms with Crippen molar-refractivity contribution in [1.82, 2.24) is 24.9 Å². The van der Waals surface area contributed by atoms with Crippen LogP contribution >= 0.6 is 0 Å². The summed E-state index contributed by atoms with van der Waals surface area (Å²) >= 11 is 0. The molecule has 3 heterocycles. The highest BCUT2D eigenvalue weighted by Crippen LogP contribution is 2.23. The van der Waals surface area contributed by atoms with Gasteiger partial charge in [0.2, 0.25) is 0 Å². The van der Waals surface area contributed by atoms with E-state index in [4.69, 9.17) is 0 Å². The Hall–Kier alpha value is -0.200. The quantitative estimate of drug-likeness (QED) is 0.618. The summed E-state index contributed by atoms with van der Waals surface area (Å²) in [5.74, 6) is 0.916. The number of likely N-dealkylation sites (tertiary alicyclic amines) is 1. The van der Waals surface area contributed by atoms with E-state index in [9.17, 15) is 0 Å². The Balaban J connectivity index is 0.000000233. The first-order chi connectivity index (χ1) is 14.1. The Kier molecular flexibility index (Phi) is 11.5. The fourth-order valence-electron chi connectivity index (χ4n) is 4.36. The highest BCUT2D eigenvalue weighted by molar-refractivity contribution is 4.83. The number of nitrogens with one attached hydrogen (secondary N) is 1. The molecule has 31 heavy (non-hydrogen) atoms. The minimum atomic E-state index is 0.362. The van der Waals surface area contributed by atoms with Crippen molar-refractivity contribution in [2.45, 2.75) is 92.3 Å². The molecule has 3 aliphatic heterocycles. The largest absolute Gasteiger partial charge is 0.314 e. The Morgan fingerprint density at radius 2 is 1.00 bits per heavy atom. The molecule has 1 N–H and O–H groups in total. The molecule has 0 aromatic rings. The van der Waals surface area contributed by atoms with Gasteiger partial charge in [-0.2, -0.15) is 0 Å². The zero-order chi connectivity index (χ0) is 23.9. The normalized spacial score (nSPS) is 25.5. The molecule has 1 unspecified atom stereocenters. The molecule has 0 aromatic carbocycles. The van der Waals surface area contributed by atoms with Gasteiger partial charge in [-0.1, -0.05) is 6.92 Å². The minimum absolute atomic E-state index is 0.362. The van der Waals surface area contributed by atoms with Gasteiger partial charge in [0, 0.05) is 75.5 Å². The van der Waals surface area contributed by atoms with E-state index in [-0.39, 0.29) is 0 Å². The van der Waals surface area contributed by atoms with Crippen LogP contribution in [0.1, 0.15) is 75.7 Å². The van der Waals surface area contributed by atoms with Crippen LogP contribution in [0.3, 0.4) is 0 Å². The van der Waals surface area contributed by atoms with Gasteiger partial charge >= 0.3 is 0 Å². The SMILES string of the molecule is CC(C)(C)N1CCNCC1.CC1CCN(C(C)(C)C)C1.CN1CCN(C(C)(C)C)CC1. The van der Waals surface area contributed by atoms with Gasteiger partial charge in [0.15, 0.2) is 0 Å². The van der Waals surface area contributed by atoms with Crippen LogP contribution < -0.4 is 5.32 Å². The molecule has 3 aliphatic rings. The Bertz CT molecular complexity index is 457. The Labute approximate surface area is 195 Å². The lowest BCUT2D eigenvalue weighted by Crippen LogP contribution is -2.52. The van der Waals surface area contributed by atoms with E-state index in [0.717, 1.165) is 19.0 Å². The van der Waals surface area contributed by atoms with Crippen LogP contribution in [0.2, 0.25) is 0 Å². The second kappa shape index (κ2) is 12.3. The third-order valence-corrected chi connectivity index (χ3v) is 6.89. The van der Waals surface area contributed by atoms with E-state index in [1.54, 1.807) is 0 Å². The molecule has 3 fully saturated rings. The number of hydrogen-bond donors (Lipinski definition) is 1. The maximum atomic E-state index is 3.35. The average Bonchev–Trinajstić information content (AvgIpc) is 3.09. The van der Waals surface area contributed by atoms with Gasteiger partial charge in [0.25, 0.3) is 0 Å². The lowest BCUT2D eigenvalue weighted by atomic mass is 10.1. The van der Waals surface area contributed by atoms with Gasteiger partial charge in [0.05, 0.1) is 0 Å². The maximum Gasteiger partial charge on any atom is 0.0126 e. The first-order valence-corrected chi connectivity index (χ1v) is 12.7. The number of rotatable bonds is 0. The summed E-state index contributed by atoms with van der Waals surface area (Å²) in [6.45, 7) is 35.1. The van der Waals surface area contributed by atoms with E-state index in [2.05, 4.69) is 101 Å². The summed E-state index contributed by atoms with van der Waals surface area (Å²) in [7, 11) is 2.19. The topological polar surface area (TPSA) is 25.0 Å². The fourth-order valence-corrected chi connectivity index (χ4v) is 4.36. The molecule has 186 valence electrons. The van der Waals surface area contributed by atoms with Gasteiger partial charge < -0.3 is 10.2 Å². The first kappa shape index (κ1) is 28.8. The molecular formula is C26H57N5. The molecule has 1 atom stereocenters.